The van der Waals surface area contributed by atoms with Crippen molar-refractivity contribution < 1.29 is 17.9 Å². The van der Waals surface area contributed by atoms with Crippen LogP contribution in [0, 0.1) is 0 Å². The van der Waals surface area contributed by atoms with Gasteiger partial charge in [-0.05, 0) is 44.0 Å². The number of nitrogens with one attached hydrogen (secondary N) is 1. The summed E-state index contributed by atoms with van der Waals surface area (Å²) in [5.74, 6) is 0.593. The van der Waals surface area contributed by atoms with Crippen molar-refractivity contribution in [2.75, 3.05) is 23.7 Å². The number of ether oxygens (including phenoxy) is 1. The molecule has 0 aromatic heterocycles. The molecule has 0 heterocycles. The van der Waals surface area contributed by atoms with E-state index in [4.69, 9.17) is 4.74 Å². The molecule has 7 heteroatoms. The van der Waals surface area contributed by atoms with Gasteiger partial charge in [0.25, 0.3) is 0 Å². The Hall–Kier alpha value is -1.76. The SMILES string of the molecule is CCOc1ccc(N(CCC(=O)NC2CCCC2)S(C)(=O)=O)cc1. The second-order valence-corrected chi connectivity index (χ2v) is 7.97. The molecule has 0 saturated heterocycles. The predicted molar refractivity (Wildman–Crippen MR) is 94.8 cm³/mol. The number of sulfonamides is 1. The molecule has 1 aromatic carbocycles. The maximum absolute atomic E-state index is 12.1. The minimum atomic E-state index is -3.45. The Morgan fingerprint density at radius 3 is 2.42 bits per heavy atom. The normalized spacial score (nSPS) is 15.2. The zero-order valence-electron chi connectivity index (χ0n) is 14.3. The van der Waals surface area contributed by atoms with E-state index < -0.39 is 10.0 Å². The molecule has 24 heavy (non-hydrogen) atoms. The zero-order valence-corrected chi connectivity index (χ0v) is 15.1. The van der Waals surface area contributed by atoms with E-state index >= 15 is 0 Å². The molecule has 1 amide bonds. The molecule has 0 radical (unpaired) electrons. The van der Waals surface area contributed by atoms with Gasteiger partial charge in [0.05, 0.1) is 18.6 Å². The molecular weight excluding hydrogens is 328 g/mol. The summed E-state index contributed by atoms with van der Waals surface area (Å²) in [5, 5.41) is 2.98. The molecular formula is C17H26N2O4S. The highest BCUT2D eigenvalue weighted by Gasteiger charge is 2.21. The molecule has 134 valence electrons. The van der Waals surface area contributed by atoms with E-state index in [0.29, 0.717) is 18.0 Å². The lowest BCUT2D eigenvalue weighted by atomic mass is 10.2. The first kappa shape index (κ1) is 18.6. The number of benzene rings is 1. The molecule has 0 unspecified atom stereocenters. The third-order valence-electron chi connectivity index (χ3n) is 4.10. The highest BCUT2D eigenvalue weighted by atomic mass is 32.2. The van der Waals surface area contributed by atoms with Crippen molar-refractivity contribution in [2.45, 2.75) is 45.1 Å². The lowest BCUT2D eigenvalue weighted by Gasteiger charge is -2.23. The third-order valence-corrected chi connectivity index (χ3v) is 5.29. The van der Waals surface area contributed by atoms with Crippen LogP contribution in [0.15, 0.2) is 24.3 Å². The minimum absolute atomic E-state index is 0.0958. The molecule has 6 nitrogen and oxygen atoms in total. The van der Waals surface area contributed by atoms with Crippen LogP contribution >= 0.6 is 0 Å². The Morgan fingerprint density at radius 1 is 1.25 bits per heavy atom. The summed E-state index contributed by atoms with van der Waals surface area (Å²) in [5.41, 5.74) is 0.537. The summed E-state index contributed by atoms with van der Waals surface area (Å²) < 4.78 is 30.8. The monoisotopic (exact) mass is 354 g/mol. The summed E-state index contributed by atoms with van der Waals surface area (Å²) >= 11 is 0. The van der Waals surface area contributed by atoms with Gasteiger partial charge in [-0.15, -0.1) is 0 Å². The number of hydrogen-bond acceptors (Lipinski definition) is 4. The Balaban J connectivity index is 1.99. The van der Waals surface area contributed by atoms with Gasteiger partial charge in [0.2, 0.25) is 15.9 Å². The van der Waals surface area contributed by atoms with Gasteiger partial charge in [-0.3, -0.25) is 9.10 Å². The number of hydrogen-bond donors (Lipinski definition) is 1. The van der Waals surface area contributed by atoms with Crippen LogP contribution in [-0.2, 0) is 14.8 Å². The van der Waals surface area contributed by atoms with Gasteiger partial charge in [-0.1, -0.05) is 12.8 Å². The average molecular weight is 354 g/mol. The maximum Gasteiger partial charge on any atom is 0.232 e. The van der Waals surface area contributed by atoms with Crippen LogP contribution in [0.2, 0.25) is 0 Å². The van der Waals surface area contributed by atoms with Crippen molar-refractivity contribution in [3.8, 4) is 5.75 Å². The maximum atomic E-state index is 12.1. The number of nitrogens with zero attached hydrogens (tertiary/aromatic N) is 1. The summed E-state index contributed by atoms with van der Waals surface area (Å²) in [6.07, 6.45) is 5.62. The van der Waals surface area contributed by atoms with Crippen LogP contribution in [0.5, 0.6) is 5.75 Å². The molecule has 0 atom stereocenters. The molecule has 2 rings (SSSR count). The fourth-order valence-corrected chi connectivity index (χ4v) is 3.86. The fourth-order valence-electron chi connectivity index (χ4n) is 2.93. The molecule has 1 N–H and O–H groups in total. The summed E-state index contributed by atoms with van der Waals surface area (Å²) in [6.45, 7) is 2.57. The number of anilines is 1. The average Bonchev–Trinajstić information content (AvgIpc) is 3.01. The quantitative estimate of drug-likeness (QED) is 0.777. The van der Waals surface area contributed by atoms with E-state index in [9.17, 15) is 13.2 Å². The van der Waals surface area contributed by atoms with E-state index in [-0.39, 0.29) is 24.9 Å². The van der Waals surface area contributed by atoms with Crippen LogP contribution < -0.4 is 14.4 Å². The highest BCUT2D eigenvalue weighted by molar-refractivity contribution is 7.92. The minimum Gasteiger partial charge on any atom is -0.494 e. The predicted octanol–water partition coefficient (Wildman–Crippen LogP) is 2.30. The van der Waals surface area contributed by atoms with Gasteiger partial charge in [-0.25, -0.2) is 8.42 Å². The largest absolute Gasteiger partial charge is 0.494 e. The lowest BCUT2D eigenvalue weighted by molar-refractivity contribution is -0.121. The molecule has 0 spiro atoms. The third kappa shape index (κ3) is 5.40. The summed E-state index contributed by atoms with van der Waals surface area (Å²) in [6, 6.07) is 7.10. The van der Waals surface area contributed by atoms with Gasteiger partial charge in [0.15, 0.2) is 0 Å². The van der Waals surface area contributed by atoms with Crippen molar-refractivity contribution in [3.63, 3.8) is 0 Å². The first-order valence-corrected chi connectivity index (χ1v) is 10.2. The molecule has 0 bridgehead atoms. The highest BCUT2D eigenvalue weighted by Crippen LogP contribution is 2.22. The van der Waals surface area contributed by atoms with E-state index in [1.54, 1.807) is 24.3 Å². The first-order chi connectivity index (χ1) is 11.4. The topological polar surface area (TPSA) is 75.7 Å². The number of amides is 1. The van der Waals surface area contributed by atoms with Gasteiger partial charge >= 0.3 is 0 Å². The molecule has 1 fully saturated rings. The number of carbonyl (C=O) groups excluding carboxylic acids is 1. The van der Waals surface area contributed by atoms with Crippen LogP contribution in [0.25, 0.3) is 0 Å². The van der Waals surface area contributed by atoms with Crippen LogP contribution in [0.3, 0.4) is 0 Å². The molecule has 1 saturated carbocycles. The number of carbonyl (C=O) groups is 1. The van der Waals surface area contributed by atoms with Crippen LogP contribution in [-0.4, -0.2) is 39.8 Å². The summed E-state index contributed by atoms with van der Waals surface area (Å²) in [7, 11) is -3.45. The van der Waals surface area contributed by atoms with Crippen molar-refractivity contribution in [1.82, 2.24) is 5.32 Å². The molecule has 0 aliphatic heterocycles. The van der Waals surface area contributed by atoms with Gasteiger partial charge in [0, 0.05) is 19.0 Å². The molecule has 1 aromatic rings. The fraction of sp³-hybridized carbons (Fsp3) is 0.588. The van der Waals surface area contributed by atoms with Crippen molar-refractivity contribution in [1.29, 1.82) is 0 Å². The van der Waals surface area contributed by atoms with Gasteiger partial charge in [-0.2, -0.15) is 0 Å². The Bertz CT molecular complexity index is 637. The second-order valence-electron chi connectivity index (χ2n) is 6.06. The standard InChI is InChI=1S/C17H26N2O4S/c1-3-23-16-10-8-15(9-11-16)19(24(2,21)22)13-12-17(20)18-14-6-4-5-7-14/h8-11,14H,3-7,12-13H2,1-2H3,(H,18,20). The van der Waals surface area contributed by atoms with Crippen molar-refractivity contribution in [2.24, 2.45) is 0 Å². The Labute approximate surface area is 144 Å². The van der Waals surface area contributed by atoms with E-state index in [0.717, 1.165) is 31.9 Å². The van der Waals surface area contributed by atoms with E-state index in [1.165, 1.54) is 4.31 Å². The van der Waals surface area contributed by atoms with Crippen molar-refractivity contribution in [3.05, 3.63) is 24.3 Å². The zero-order chi connectivity index (χ0) is 17.6. The Morgan fingerprint density at radius 2 is 1.88 bits per heavy atom. The van der Waals surface area contributed by atoms with Crippen LogP contribution in [0.1, 0.15) is 39.0 Å². The van der Waals surface area contributed by atoms with Gasteiger partial charge in [0.1, 0.15) is 5.75 Å². The first-order valence-electron chi connectivity index (χ1n) is 8.40. The Kier molecular flexibility index (Phi) is 6.48. The number of rotatable bonds is 8. The molecule has 1 aliphatic rings. The second kappa shape index (κ2) is 8.37. The lowest BCUT2D eigenvalue weighted by Crippen LogP contribution is -2.37. The summed E-state index contributed by atoms with van der Waals surface area (Å²) in [4.78, 5) is 12.0. The van der Waals surface area contributed by atoms with Gasteiger partial charge < -0.3 is 10.1 Å². The smallest absolute Gasteiger partial charge is 0.232 e. The molecule has 1 aliphatic carbocycles. The van der Waals surface area contributed by atoms with E-state index in [2.05, 4.69) is 5.32 Å². The van der Waals surface area contributed by atoms with Crippen LogP contribution in [0.4, 0.5) is 5.69 Å². The van der Waals surface area contributed by atoms with Crippen molar-refractivity contribution >= 4 is 21.6 Å². The van der Waals surface area contributed by atoms with E-state index in [1.807, 2.05) is 6.92 Å².